The summed E-state index contributed by atoms with van der Waals surface area (Å²) < 4.78 is 34.3. The van der Waals surface area contributed by atoms with Crippen LogP contribution in [0.5, 0.6) is 0 Å². The van der Waals surface area contributed by atoms with Gasteiger partial charge in [-0.25, -0.2) is 22.9 Å². The number of nitrogens with one attached hydrogen (secondary N) is 2. The fraction of sp³-hybridized carbons (Fsp3) is 0.600. The van der Waals surface area contributed by atoms with Crippen molar-refractivity contribution in [3.63, 3.8) is 0 Å². The van der Waals surface area contributed by atoms with Crippen LogP contribution in [0.25, 0.3) is 5.65 Å². The van der Waals surface area contributed by atoms with Crippen molar-refractivity contribution in [1.82, 2.24) is 35.5 Å². The summed E-state index contributed by atoms with van der Waals surface area (Å²) in [6.07, 6.45) is 6.61. The van der Waals surface area contributed by atoms with Gasteiger partial charge in [0.25, 0.3) is 5.91 Å². The van der Waals surface area contributed by atoms with Gasteiger partial charge in [-0.05, 0) is 61.2 Å². The van der Waals surface area contributed by atoms with Crippen molar-refractivity contribution in [2.45, 2.75) is 76.2 Å². The average molecular weight is 514 g/mol. The number of fused-ring (bicyclic) bond motifs is 1. The second-order valence-electron chi connectivity index (χ2n) is 11.0. The molecule has 3 fully saturated rings. The summed E-state index contributed by atoms with van der Waals surface area (Å²) in [7, 11) is 0. The van der Waals surface area contributed by atoms with Gasteiger partial charge in [-0.1, -0.05) is 12.1 Å². The first-order valence-electron chi connectivity index (χ1n) is 12.8. The van der Waals surface area contributed by atoms with Crippen LogP contribution in [0.3, 0.4) is 0 Å². The van der Waals surface area contributed by atoms with E-state index in [-0.39, 0.29) is 49.1 Å². The van der Waals surface area contributed by atoms with Gasteiger partial charge in [-0.15, -0.1) is 0 Å². The number of rotatable bonds is 7. The number of imidazole rings is 1. The molecule has 2 amide bonds. The van der Waals surface area contributed by atoms with Crippen molar-refractivity contribution in [2.75, 3.05) is 6.54 Å². The van der Waals surface area contributed by atoms with Gasteiger partial charge in [0.1, 0.15) is 5.69 Å². The summed E-state index contributed by atoms with van der Waals surface area (Å²) >= 11 is 0. The fourth-order valence-electron chi connectivity index (χ4n) is 5.60. The number of hydrogen-bond donors (Lipinski definition) is 2. The van der Waals surface area contributed by atoms with Gasteiger partial charge in [-0.3, -0.25) is 9.59 Å². The molecule has 2 aliphatic carbocycles. The predicted molar refractivity (Wildman–Crippen MR) is 126 cm³/mol. The van der Waals surface area contributed by atoms with Crippen molar-refractivity contribution in [3.05, 3.63) is 41.1 Å². The van der Waals surface area contributed by atoms with Crippen LogP contribution in [0.15, 0.2) is 23.1 Å². The molecule has 0 aromatic carbocycles. The van der Waals surface area contributed by atoms with Gasteiger partial charge < -0.3 is 10.6 Å². The molecule has 1 saturated heterocycles. The van der Waals surface area contributed by atoms with Crippen molar-refractivity contribution in [2.24, 2.45) is 11.3 Å². The molecule has 12 heteroatoms. The third-order valence-corrected chi connectivity index (χ3v) is 8.03. The van der Waals surface area contributed by atoms with Gasteiger partial charge >= 0.3 is 0 Å². The van der Waals surface area contributed by atoms with Gasteiger partial charge in [0, 0.05) is 25.3 Å². The Balaban J connectivity index is 1.28. The number of aromatic nitrogens is 5. The SMILES string of the molecule is C[C@]1(Cc2cnn3cc([C@@H](NC(=O)c4nonc4C4CC4)C4CCC(F)(F)CC4)nc3c2)CCNC1=O. The van der Waals surface area contributed by atoms with Gasteiger partial charge in [0.05, 0.1) is 29.5 Å². The molecule has 2 saturated carbocycles. The summed E-state index contributed by atoms with van der Waals surface area (Å²) in [6.45, 7) is 2.60. The molecule has 2 atom stereocenters. The van der Waals surface area contributed by atoms with E-state index in [0.717, 1.165) is 24.8 Å². The molecule has 0 bridgehead atoms. The number of alkyl halides is 2. The molecule has 6 rings (SSSR count). The van der Waals surface area contributed by atoms with E-state index in [0.29, 0.717) is 30.0 Å². The van der Waals surface area contributed by atoms with Crippen LogP contribution in [0.2, 0.25) is 0 Å². The number of carbonyl (C=O) groups is 2. The van der Waals surface area contributed by atoms with Crippen molar-refractivity contribution in [1.29, 1.82) is 0 Å². The van der Waals surface area contributed by atoms with E-state index in [1.165, 1.54) is 0 Å². The Morgan fingerprint density at radius 3 is 2.73 bits per heavy atom. The highest BCUT2D eigenvalue weighted by Crippen LogP contribution is 2.42. The number of nitrogens with zero attached hydrogens (tertiary/aromatic N) is 5. The second kappa shape index (κ2) is 8.84. The van der Waals surface area contributed by atoms with Crippen LogP contribution in [0, 0.1) is 11.3 Å². The van der Waals surface area contributed by atoms with Crippen LogP contribution in [-0.2, 0) is 11.2 Å². The Morgan fingerprint density at radius 2 is 2.03 bits per heavy atom. The monoisotopic (exact) mass is 513 g/mol. The highest BCUT2D eigenvalue weighted by atomic mass is 19.3. The van der Waals surface area contributed by atoms with Crippen molar-refractivity contribution >= 4 is 17.5 Å². The van der Waals surface area contributed by atoms with Crippen molar-refractivity contribution in [3.8, 4) is 0 Å². The predicted octanol–water partition coefficient (Wildman–Crippen LogP) is 3.36. The summed E-state index contributed by atoms with van der Waals surface area (Å²) in [4.78, 5) is 30.3. The molecule has 0 unspecified atom stereocenters. The number of hydrogen-bond acceptors (Lipinski definition) is 7. The van der Waals surface area contributed by atoms with Gasteiger partial charge in [0.15, 0.2) is 11.3 Å². The smallest absolute Gasteiger partial charge is 0.276 e. The highest BCUT2D eigenvalue weighted by Gasteiger charge is 2.41. The Bertz CT molecular complexity index is 1340. The first-order valence-corrected chi connectivity index (χ1v) is 12.8. The molecule has 3 aromatic heterocycles. The van der Waals surface area contributed by atoms with E-state index in [2.05, 4.69) is 26.0 Å². The van der Waals surface area contributed by atoms with Crippen LogP contribution < -0.4 is 10.6 Å². The van der Waals surface area contributed by atoms with Gasteiger partial charge in [-0.2, -0.15) is 5.10 Å². The number of halogens is 2. The quantitative estimate of drug-likeness (QED) is 0.496. The lowest BCUT2D eigenvalue weighted by atomic mass is 9.81. The van der Waals surface area contributed by atoms with E-state index in [1.807, 2.05) is 13.0 Å². The van der Waals surface area contributed by atoms with Crippen LogP contribution >= 0.6 is 0 Å². The molecule has 0 spiro atoms. The third-order valence-electron chi connectivity index (χ3n) is 8.03. The molecular formula is C25H29F2N7O3. The first-order chi connectivity index (χ1) is 17.7. The third kappa shape index (κ3) is 4.69. The Kier molecular flexibility index (Phi) is 5.72. The zero-order valence-corrected chi connectivity index (χ0v) is 20.5. The fourth-order valence-corrected chi connectivity index (χ4v) is 5.60. The van der Waals surface area contributed by atoms with Gasteiger partial charge in [0.2, 0.25) is 11.8 Å². The van der Waals surface area contributed by atoms with E-state index >= 15 is 0 Å². The summed E-state index contributed by atoms with van der Waals surface area (Å²) in [5.74, 6) is -3.17. The highest BCUT2D eigenvalue weighted by molar-refractivity contribution is 5.93. The lowest BCUT2D eigenvalue weighted by Gasteiger charge is -2.33. The molecular weight excluding hydrogens is 484 g/mol. The second-order valence-corrected chi connectivity index (χ2v) is 11.0. The van der Waals surface area contributed by atoms with Crippen LogP contribution in [-0.4, -0.2) is 49.2 Å². The van der Waals surface area contributed by atoms with E-state index < -0.39 is 23.3 Å². The summed E-state index contributed by atoms with van der Waals surface area (Å²) in [6, 6.07) is 1.28. The molecule has 0 radical (unpaired) electrons. The Labute approximate surface area is 211 Å². The number of amides is 2. The average Bonchev–Trinajstić information content (AvgIpc) is 3.28. The maximum Gasteiger partial charge on any atom is 0.276 e. The number of carbonyl (C=O) groups excluding carboxylic acids is 2. The minimum atomic E-state index is -2.70. The molecule has 3 aromatic rings. The molecule has 1 aliphatic heterocycles. The minimum Gasteiger partial charge on any atom is -0.356 e. The standard InChI is InChI=1S/C25H29F2N7O3/c1-24(8-9-28-23(24)36)11-14-10-18-30-17(13-34(18)29-12-14)19(16-4-6-25(26,27)7-5-16)31-22(35)21-20(15-2-3-15)32-37-33-21/h10,12-13,15-16,19H,2-9,11H2,1H3,(H,28,36)(H,31,35)/t19-,24+/m0/s1. The summed E-state index contributed by atoms with van der Waals surface area (Å²) in [5.41, 5.74) is 2.17. The lowest BCUT2D eigenvalue weighted by Crippen LogP contribution is -2.37. The first kappa shape index (κ1) is 23.9. The molecule has 37 heavy (non-hydrogen) atoms. The Morgan fingerprint density at radius 1 is 1.24 bits per heavy atom. The zero-order chi connectivity index (χ0) is 25.8. The molecule has 3 aliphatic rings. The lowest BCUT2D eigenvalue weighted by molar-refractivity contribution is -0.126. The molecule has 4 heterocycles. The maximum absolute atomic E-state index is 13.9. The normalized spacial score (nSPS) is 24.8. The molecule has 196 valence electrons. The topological polar surface area (TPSA) is 127 Å². The molecule has 10 nitrogen and oxygen atoms in total. The maximum atomic E-state index is 13.9. The minimum absolute atomic E-state index is 0.0289. The summed E-state index contributed by atoms with van der Waals surface area (Å²) in [5, 5.41) is 18.1. The van der Waals surface area contributed by atoms with Crippen molar-refractivity contribution < 1.29 is 23.0 Å². The largest absolute Gasteiger partial charge is 0.356 e. The zero-order valence-electron chi connectivity index (χ0n) is 20.5. The van der Waals surface area contributed by atoms with Crippen LogP contribution in [0.4, 0.5) is 8.78 Å². The van der Waals surface area contributed by atoms with E-state index in [9.17, 15) is 18.4 Å². The Hall–Kier alpha value is -3.44. The van der Waals surface area contributed by atoms with Crippen LogP contribution in [0.1, 0.15) is 91.3 Å². The van der Waals surface area contributed by atoms with E-state index in [4.69, 9.17) is 9.61 Å². The van der Waals surface area contributed by atoms with E-state index in [1.54, 1.807) is 16.9 Å². The molecule has 2 N–H and O–H groups in total.